The molecule has 1 saturated heterocycles. The van der Waals surface area contributed by atoms with Crippen molar-refractivity contribution in [1.82, 2.24) is 4.90 Å². The average Bonchev–Trinajstić information content (AvgIpc) is 2.99. The number of rotatable bonds is 10. The summed E-state index contributed by atoms with van der Waals surface area (Å²) in [6, 6.07) is 11.8. The smallest absolute Gasteiger partial charge is 0.256 e. The fraction of sp³-hybridized carbons (Fsp3) is 0.375. The van der Waals surface area contributed by atoms with Gasteiger partial charge in [0.25, 0.3) is 5.91 Å². The Hall–Kier alpha value is -2.51. The van der Waals surface area contributed by atoms with E-state index in [0.717, 1.165) is 25.7 Å². The minimum atomic E-state index is -0.701. The van der Waals surface area contributed by atoms with E-state index in [1.165, 1.54) is 35.6 Å². The number of hydrogen-bond acceptors (Lipinski definition) is 3. The first-order chi connectivity index (χ1) is 15.4. The normalized spacial score (nSPS) is 16.0. The minimum Gasteiger partial charge on any atom is -0.336 e. The van der Waals surface area contributed by atoms with E-state index < -0.39 is 6.04 Å². The Morgan fingerprint density at radius 1 is 1.12 bits per heavy atom. The van der Waals surface area contributed by atoms with Gasteiger partial charge in [0, 0.05) is 17.3 Å². The summed E-state index contributed by atoms with van der Waals surface area (Å²) in [6.07, 6.45) is 5.30. The van der Waals surface area contributed by atoms with E-state index >= 15 is 0 Å². The maximum Gasteiger partial charge on any atom is 0.256 e. The topological polar surface area (TPSA) is 52.7 Å². The number of hydrogen-bond donors (Lipinski definition) is 1. The largest absolute Gasteiger partial charge is 0.336 e. The monoisotopic (exact) mass is 475 g/mol. The van der Waals surface area contributed by atoms with Gasteiger partial charge >= 0.3 is 0 Å². The van der Waals surface area contributed by atoms with Crippen LogP contribution in [0.4, 0.5) is 15.8 Å². The molecule has 1 heterocycles. The molecule has 2 aromatic rings. The van der Waals surface area contributed by atoms with Crippen LogP contribution in [0, 0.1) is 5.82 Å². The zero-order chi connectivity index (χ0) is 23.1. The summed E-state index contributed by atoms with van der Waals surface area (Å²) in [4.78, 5) is 29.3. The van der Waals surface area contributed by atoms with E-state index in [1.54, 1.807) is 24.3 Å². The molecule has 1 fully saturated rings. The molecule has 1 aliphatic heterocycles. The van der Waals surface area contributed by atoms with E-state index in [2.05, 4.69) is 12.2 Å². The predicted octanol–water partition coefficient (Wildman–Crippen LogP) is 5.78. The number of benzene rings is 2. The van der Waals surface area contributed by atoms with Crippen LogP contribution >= 0.6 is 23.8 Å². The van der Waals surface area contributed by atoms with Gasteiger partial charge < -0.3 is 10.2 Å². The third-order valence-electron chi connectivity index (χ3n) is 5.39. The van der Waals surface area contributed by atoms with Gasteiger partial charge in [-0.2, -0.15) is 0 Å². The molecule has 0 radical (unpaired) electrons. The first-order valence-electron chi connectivity index (χ1n) is 10.9. The zero-order valence-electron chi connectivity index (χ0n) is 18.0. The number of thiocarbonyl (C=S) groups is 1. The lowest BCUT2D eigenvalue weighted by Gasteiger charge is -2.24. The molecule has 0 saturated carbocycles. The van der Waals surface area contributed by atoms with Gasteiger partial charge in [0.2, 0.25) is 5.91 Å². The maximum absolute atomic E-state index is 13.3. The predicted molar refractivity (Wildman–Crippen MR) is 130 cm³/mol. The molecule has 1 N–H and O–H groups in total. The highest BCUT2D eigenvalue weighted by molar-refractivity contribution is 7.80. The molecule has 1 atom stereocenters. The Morgan fingerprint density at radius 3 is 2.53 bits per heavy atom. The molecule has 0 bridgehead atoms. The van der Waals surface area contributed by atoms with Crippen molar-refractivity contribution < 1.29 is 14.0 Å². The van der Waals surface area contributed by atoms with Crippen molar-refractivity contribution in [1.29, 1.82) is 0 Å². The van der Waals surface area contributed by atoms with Crippen molar-refractivity contribution in [3.8, 4) is 0 Å². The van der Waals surface area contributed by atoms with Crippen molar-refractivity contribution in [3.05, 3.63) is 59.4 Å². The second kappa shape index (κ2) is 11.4. The Bertz CT molecular complexity index is 970. The first kappa shape index (κ1) is 24.1. The van der Waals surface area contributed by atoms with Crippen LogP contribution in [0.5, 0.6) is 0 Å². The molecule has 1 unspecified atom stereocenters. The number of carbonyl (C=O) groups is 2. The van der Waals surface area contributed by atoms with Gasteiger partial charge in [-0.1, -0.05) is 50.3 Å². The van der Waals surface area contributed by atoms with E-state index in [0.29, 0.717) is 28.1 Å². The number of unbranched alkanes of at least 4 members (excludes halogenated alkanes) is 4. The fourth-order valence-electron chi connectivity index (χ4n) is 3.75. The first-order valence-corrected chi connectivity index (χ1v) is 11.6. The summed E-state index contributed by atoms with van der Waals surface area (Å²) >= 11 is 11.8. The van der Waals surface area contributed by atoms with Crippen LogP contribution in [0.15, 0.2) is 48.5 Å². The van der Waals surface area contributed by atoms with E-state index in [1.807, 2.05) is 4.90 Å². The van der Waals surface area contributed by atoms with Crippen molar-refractivity contribution in [3.63, 3.8) is 0 Å². The third kappa shape index (κ3) is 6.04. The number of amides is 2. The van der Waals surface area contributed by atoms with E-state index in [4.69, 9.17) is 23.8 Å². The number of halogens is 2. The molecule has 8 heteroatoms. The van der Waals surface area contributed by atoms with Crippen molar-refractivity contribution in [2.75, 3.05) is 16.8 Å². The Kier molecular flexibility index (Phi) is 8.59. The molecule has 2 aromatic carbocycles. The number of anilines is 2. The summed E-state index contributed by atoms with van der Waals surface area (Å²) in [5.74, 6) is -0.965. The highest BCUT2D eigenvalue weighted by atomic mass is 35.5. The van der Waals surface area contributed by atoms with Gasteiger partial charge in [0.05, 0.1) is 12.1 Å². The summed E-state index contributed by atoms with van der Waals surface area (Å²) in [7, 11) is 0. The van der Waals surface area contributed by atoms with Crippen molar-refractivity contribution in [2.24, 2.45) is 0 Å². The van der Waals surface area contributed by atoms with Crippen LogP contribution in [0.3, 0.4) is 0 Å². The summed E-state index contributed by atoms with van der Waals surface area (Å²) in [6.45, 7) is 2.76. The summed E-state index contributed by atoms with van der Waals surface area (Å²) in [5.41, 5.74) is 1.06. The van der Waals surface area contributed by atoms with E-state index in [9.17, 15) is 14.0 Å². The number of nitrogens with zero attached hydrogens (tertiary/aromatic N) is 2. The van der Waals surface area contributed by atoms with Crippen LogP contribution in [-0.2, 0) is 9.59 Å². The quantitative estimate of drug-likeness (QED) is 0.349. The molecular formula is C24H27ClFN3O2S. The number of carbonyl (C=O) groups excluding carboxylic acids is 2. The average molecular weight is 476 g/mol. The second-order valence-corrected chi connectivity index (χ2v) is 8.62. The Labute approximate surface area is 198 Å². The molecule has 3 rings (SSSR count). The lowest BCUT2D eigenvalue weighted by Crippen LogP contribution is -2.38. The summed E-state index contributed by atoms with van der Waals surface area (Å²) < 4.78 is 13.1. The molecule has 0 aromatic heterocycles. The lowest BCUT2D eigenvalue weighted by molar-refractivity contribution is -0.124. The Morgan fingerprint density at radius 2 is 1.84 bits per heavy atom. The summed E-state index contributed by atoms with van der Waals surface area (Å²) in [5, 5.41) is 3.62. The lowest BCUT2D eigenvalue weighted by atomic mass is 10.1. The van der Waals surface area contributed by atoms with Gasteiger partial charge in [-0.15, -0.1) is 0 Å². The maximum atomic E-state index is 13.3. The SMILES string of the molecule is CCCCCCCN1C(=S)N(c2cccc(Cl)c2)C(=O)C1CC(=O)Nc1ccc(F)cc1. The van der Waals surface area contributed by atoms with Crippen molar-refractivity contribution in [2.45, 2.75) is 51.5 Å². The highest BCUT2D eigenvalue weighted by Crippen LogP contribution is 2.29. The fourth-order valence-corrected chi connectivity index (χ4v) is 4.35. The molecule has 32 heavy (non-hydrogen) atoms. The van der Waals surface area contributed by atoms with Gasteiger partial charge in [0.15, 0.2) is 5.11 Å². The molecule has 1 aliphatic rings. The zero-order valence-corrected chi connectivity index (χ0v) is 19.6. The van der Waals surface area contributed by atoms with Crippen LogP contribution in [0.25, 0.3) is 0 Å². The van der Waals surface area contributed by atoms with E-state index in [-0.39, 0.29) is 24.1 Å². The standard InChI is InChI=1S/C24H27ClFN3O2S/c1-2-3-4-5-6-14-28-21(16-22(30)27-19-12-10-18(26)11-13-19)23(31)29(24(28)32)20-9-7-8-17(25)15-20/h7-13,15,21H,2-6,14,16H2,1H3,(H,27,30). The van der Waals surface area contributed by atoms with Crippen LogP contribution < -0.4 is 10.2 Å². The molecule has 0 spiro atoms. The third-order valence-corrected chi connectivity index (χ3v) is 6.05. The molecule has 2 amide bonds. The van der Waals surface area contributed by atoms with Crippen molar-refractivity contribution >= 4 is 52.1 Å². The molecular weight excluding hydrogens is 449 g/mol. The molecule has 0 aliphatic carbocycles. The highest BCUT2D eigenvalue weighted by Gasteiger charge is 2.43. The van der Waals surface area contributed by atoms with Gasteiger partial charge in [0.1, 0.15) is 11.9 Å². The second-order valence-electron chi connectivity index (χ2n) is 7.82. The Balaban J connectivity index is 1.75. The van der Waals surface area contributed by atoms with Crippen LogP contribution in [-0.4, -0.2) is 34.4 Å². The van der Waals surface area contributed by atoms with Gasteiger partial charge in [-0.3, -0.25) is 14.5 Å². The van der Waals surface area contributed by atoms with Gasteiger partial charge in [-0.05, 0) is 61.1 Å². The van der Waals surface area contributed by atoms with Crippen LogP contribution in [0.1, 0.15) is 45.4 Å². The molecule has 170 valence electrons. The van der Waals surface area contributed by atoms with Crippen LogP contribution in [0.2, 0.25) is 5.02 Å². The minimum absolute atomic E-state index is 0.0532. The van der Waals surface area contributed by atoms with Gasteiger partial charge in [-0.25, -0.2) is 4.39 Å². The number of nitrogens with one attached hydrogen (secondary N) is 1. The molecule has 5 nitrogen and oxygen atoms in total.